The molecule has 3 rings (SSSR count). The van der Waals surface area contributed by atoms with E-state index in [1.165, 1.54) is 0 Å². The molecule has 0 aromatic heterocycles. The number of imide groups is 1. The van der Waals surface area contributed by atoms with Gasteiger partial charge in [0.25, 0.3) is 11.8 Å². The molecule has 0 saturated carbocycles. The number of piperidine rings is 1. The van der Waals surface area contributed by atoms with Crippen LogP contribution in [0, 0.1) is 5.92 Å². The maximum Gasteiger partial charge on any atom is 0.322 e. The maximum atomic E-state index is 12.7. The summed E-state index contributed by atoms with van der Waals surface area (Å²) < 4.78 is 5.69. The van der Waals surface area contributed by atoms with Crippen LogP contribution in [0.15, 0.2) is 18.2 Å². The van der Waals surface area contributed by atoms with Gasteiger partial charge in [0.05, 0.1) is 0 Å². The highest BCUT2D eigenvalue weighted by atomic mass is 35.5. The molecule has 0 aliphatic carbocycles. The van der Waals surface area contributed by atoms with E-state index in [0.29, 0.717) is 41.7 Å². The average Bonchev–Trinajstić information content (AvgIpc) is 2.86. The second-order valence-corrected chi connectivity index (χ2v) is 7.95. The minimum atomic E-state index is -0.925. The normalized spacial score (nSPS) is 24.4. The van der Waals surface area contributed by atoms with Crippen molar-refractivity contribution in [3.8, 4) is 5.75 Å². The number of nitrogens with zero attached hydrogens (tertiary/aromatic N) is 1. The van der Waals surface area contributed by atoms with E-state index in [4.69, 9.17) is 27.9 Å². The van der Waals surface area contributed by atoms with Crippen molar-refractivity contribution < 1.29 is 19.1 Å². The molecule has 1 aromatic carbocycles. The molecule has 1 aromatic rings. The van der Waals surface area contributed by atoms with Crippen LogP contribution >= 0.6 is 23.2 Å². The molecule has 2 heterocycles. The second kappa shape index (κ2) is 7.56. The number of carbonyl (C=O) groups excluding carboxylic acids is 3. The van der Waals surface area contributed by atoms with Crippen molar-refractivity contribution >= 4 is 41.0 Å². The molecular formula is C18H21Cl2N3O4. The molecule has 27 heavy (non-hydrogen) atoms. The Morgan fingerprint density at radius 3 is 2.33 bits per heavy atom. The second-order valence-electron chi connectivity index (χ2n) is 7.08. The highest BCUT2D eigenvalue weighted by Gasteiger charge is 2.48. The van der Waals surface area contributed by atoms with Gasteiger partial charge in [0.15, 0.2) is 6.10 Å². The largest absolute Gasteiger partial charge is 0.481 e. The molecule has 146 valence electrons. The van der Waals surface area contributed by atoms with Crippen LogP contribution in [0.1, 0.15) is 26.7 Å². The smallest absolute Gasteiger partial charge is 0.322 e. The van der Waals surface area contributed by atoms with E-state index < -0.39 is 17.7 Å². The molecule has 2 aliphatic heterocycles. The Labute approximate surface area is 167 Å². The summed E-state index contributed by atoms with van der Waals surface area (Å²) >= 11 is 11.9. The number of ether oxygens (including phenoxy) is 1. The third-order valence-electron chi connectivity index (χ3n) is 5.19. The van der Waals surface area contributed by atoms with Crippen LogP contribution in [0.3, 0.4) is 0 Å². The fraction of sp³-hybridized carbons (Fsp3) is 0.500. The number of halogens is 2. The molecule has 9 heteroatoms. The minimum absolute atomic E-state index is 0.0315. The van der Waals surface area contributed by atoms with E-state index in [1.54, 1.807) is 36.9 Å². The van der Waals surface area contributed by atoms with Gasteiger partial charge in [-0.3, -0.25) is 14.9 Å². The van der Waals surface area contributed by atoms with Gasteiger partial charge in [0.2, 0.25) is 0 Å². The predicted octanol–water partition coefficient (Wildman–Crippen LogP) is 2.60. The molecule has 0 radical (unpaired) electrons. The first-order valence-corrected chi connectivity index (χ1v) is 9.50. The first-order chi connectivity index (χ1) is 12.7. The highest BCUT2D eigenvalue weighted by Crippen LogP contribution is 2.31. The van der Waals surface area contributed by atoms with E-state index >= 15 is 0 Å². The first-order valence-electron chi connectivity index (χ1n) is 8.74. The van der Waals surface area contributed by atoms with Crippen LogP contribution in [0.5, 0.6) is 5.75 Å². The Balaban J connectivity index is 1.58. The van der Waals surface area contributed by atoms with Gasteiger partial charge in [0.1, 0.15) is 11.3 Å². The number of benzene rings is 1. The van der Waals surface area contributed by atoms with Gasteiger partial charge in [-0.2, -0.15) is 0 Å². The average molecular weight is 414 g/mol. The van der Waals surface area contributed by atoms with Gasteiger partial charge in [-0.05, 0) is 50.8 Å². The topological polar surface area (TPSA) is 87.7 Å². The number of amides is 4. The summed E-state index contributed by atoms with van der Waals surface area (Å²) in [6.45, 7) is 4.39. The van der Waals surface area contributed by atoms with Crippen molar-refractivity contribution in [2.75, 3.05) is 13.1 Å². The SMILES string of the molecule is C[C@@H](Oc1cc(Cl)cc(Cl)c1)C(=O)N1CCC([C@@]2(C)NC(=O)NC2=O)CC1. The lowest BCUT2D eigenvalue weighted by Gasteiger charge is -2.39. The summed E-state index contributed by atoms with van der Waals surface area (Å²) in [5.74, 6) is -0.0570. The summed E-state index contributed by atoms with van der Waals surface area (Å²) in [5, 5.41) is 5.86. The van der Waals surface area contributed by atoms with E-state index in [-0.39, 0.29) is 17.7 Å². The lowest BCUT2D eigenvalue weighted by molar-refractivity contribution is -0.140. The molecule has 0 unspecified atom stereocenters. The van der Waals surface area contributed by atoms with Gasteiger partial charge in [-0.25, -0.2) is 4.79 Å². The van der Waals surface area contributed by atoms with E-state index in [0.717, 1.165) is 0 Å². The molecule has 2 N–H and O–H groups in total. The fourth-order valence-corrected chi connectivity index (χ4v) is 4.14. The Hall–Kier alpha value is -1.99. The Bertz CT molecular complexity index is 760. The van der Waals surface area contributed by atoms with Crippen molar-refractivity contribution in [3.05, 3.63) is 28.2 Å². The zero-order chi connectivity index (χ0) is 19.8. The van der Waals surface area contributed by atoms with Crippen molar-refractivity contribution in [2.45, 2.75) is 38.3 Å². The Morgan fingerprint density at radius 2 is 1.81 bits per heavy atom. The van der Waals surface area contributed by atoms with Gasteiger partial charge in [-0.1, -0.05) is 23.2 Å². The van der Waals surface area contributed by atoms with Crippen molar-refractivity contribution in [2.24, 2.45) is 5.92 Å². The molecule has 2 saturated heterocycles. The van der Waals surface area contributed by atoms with Crippen molar-refractivity contribution in [3.63, 3.8) is 0 Å². The molecule has 4 amide bonds. The van der Waals surface area contributed by atoms with Crippen LogP contribution < -0.4 is 15.4 Å². The third kappa shape index (κ3) is 4.14. The molecule has 0 bridgehead atoms. The van der Waals surface area contributed by atoms with Crippen LogP contribution in [0.25, 0.3) is 0 Å². The molecular weight excluding hydrogens is 393 g/mol. The number of nitrogens with one attached hydrogen (secondary N) is 2. The first kappa shape index (κ1) is 19.8. The lowest BCUT2D eigenvalue weighted by Crippen LogP contribution is -2.55. The Morgan fingerprint density at radius 1 is 1.22 bits per heavy atom. The Kier molecular flexibility index (Phi) is 5.53. The van der Waals surface area contributed by atoms with E-state index in [9.17, 15) is 14.4 Å². The van der Waals surface area contributed by atoms with E-state index in [1.807, 2.05) is 0 Å². The van der Waals surface area contributed by atoms with Gasteiger partial charge >= 0.3 is 6.03 Å². The molecule has 2 fully saturated rings. The molecule has 2 aliphatic rings. The molecule has 2 atom stereocenters. The quantitative estimate of drug-likeness (QED) is 0.742. The zero-order valence-electron chi connectivity index (χ0n) is 15.1. The van der Waals surface area contributed by atoms with Crippen molar-refractivity contribution in [1.82, 2.24) is 15.5 Å². The standard InChI is InChI=1S/C18H21Cl2N3O4/c1-10(27-14-8-12(19)7-13(20)9-14)15(24)23-5-3-11(4-6-23)18(2)16(25)21-17(26)22-18/h7-11H,3-6H2,1-2H3,(H2,21,22,25,26)/t10-,18-/m1/s1. The lowest BCUT2D eigenvalue weighted by atomic mass is 9.79. The third-order valence-corrected chi connectivity index (χ3v) is 5.63. The minimum Gasteiger partial charge on any atom is -0.481 e. The van der Waals surface area contributed by atoms with Crippen LogP contribution in [-0.2, 0) is 9.59 Å². The van der Waals surface area contributed by atoms with Gasteiger partial charge in [-0.15, -0.1) is 0 Å². The highest BCUT2D eigenvalue weighted by molar-refractivity contribution is 6.34. The predicted molar refractivity (Wildman–Crippen MR) is 101 cm³/mol. The maximum absolute atomic E-state index is 12.7. The zero-order valence-corrected chi connectivity index (χ0v) is 16.6. The monoisotopic (exact) mass is 413 g/mol. The van der Waals surface area contributed by atoms with Crippen LogP contribution in [0.2, 0.25) is 10.0 Å². The van der Waals surface area contributed by atoms with Gasteiger partial charge in [0, 0.05) is 23.1 Å². The number of hydrogen-bond donors (Lipinski definition) is 2. The number of likely N-dealkylation sites (tertiary alicyclic amines) is 1. The summed E-state index contributed by atoms with van der Waals surface area (Å²) in [5.41, 5.74) is -0.925. The van der Waals surface area contributed by atoms with Crippen LogP contribution in [0.4, 0.5) is 4.79 Å². The fourth-order valence-electron chi connectivity index (χ4n) is 3.63. The summed E-state index contributed by atoms with van der Waals surface area (Å²) in [6, 6.07) is 4.33. The summed E-state index contributed by atoms with van der Waals surface area (Å²) in [6.07, 6.45) is 0.540. The number of hydrogen-bond acceptors (Lipinski definition) is 4. The molecule has 7 nitrogen and oxygen atoms in total. The molecule has 0 spiro atoms. The number of rotatable bonds is 4. The van der Waals surface area contributed by atoms with E-state index in [2.05, 4.69) is 10.6 Å². The summed E-state index contributed by atoms with van der Waals surface area (Å²) in [4.78, 5) is 37.9. The number of urea groups is 1. The van der Waals surface area contributed by atoms with Gasteiger partial charge < -0.3 is 15.0 Å². The summed E-state index contributed by atoms with van der Waals surface area (Å²) in [7, 11) is 0. The number of carbonyl (C=O) groups is 3. The van der Waals surface area contributed by atoms with Crippen LogP contribution in [-0.4, -0.2) is 47.5 Å². The van der Waals surface area contributed by atoms with Crippen molar-refractivity contribution in [1.29, 1.82) is 0 Å².